The SMILES string of the molecule is CN1Cc2c(-c3noc(CCl)n3)ncn2-c2ccc(F)c(Cl)c2C1=O. The van der Waals surface area contributed by atoms with Crippen LogP contribution in [0.25, 0.3) is 17.2 Å². The van der Waals surface area contributed by atoms with Crippen LogP contribution in [0.1, 0.15) is 21.9 Å². The Labute approximate surface area is 151 Å². The number of carbonyl (C=O) groups excluding carboxylic acids is 1. The van der Waals surface area contributed by atoms with E-state index in [0.717, 1.165) is 0 Å². The number of aromatic nitrogens is 4. The third-order valence-corrected chi connectivity index (χ3v) is 4.54. The van der Waals surface area contributed by atoms with Crippen molar-refractivity contribution in [2.45, 2.75) is 12.4 Å². The molecule has 0 saturated heterocycles. The number of rotatable bonds is 2. The van der Waals surface area contributed by atoms with Gasteiger partial charge < -0.3 is 9.42 Å². The van der Waals surface area contributed by atoms with Gasteiger partial charge in [0.15, 0.2) is 0 Å². The van der Waals surface area contributed by atoms with Crippen LogP contribution in [0.2, 0.25) is 5.02 Å². The van der Waals surface area contributed by atoms with Crippen molar-refractivity contribution in [3.8, 4) is 17.2 Å². The highest BCUT2D eigenvalue weighted by Gasteiger charge is 2.30. The van der Waals surface area contributed by atoms with E-state index in [9.17, 15) is 9.18 Å². The number of hydrogen-bond acceptors (Lipinski definition) is 5. The minimum Gasteiger partial charge on any atom is -0.338 e. The van der Waals surface area contributed by atoms with E-state index in [1.807, 2.05) is 0 Å². The molecule has 0 unspecified atom stereocenters. The van der Waals surface area contributed by atoms with Crippen molar-refractivity contribution in [1.82, 2.24) is 24.6 Å². The molecule has 0 radical (unpaired) electrons. The number of amides is 1. The predicted octanol–water partition coefficient (Wildman–Crippen LogP) is 3.04. The molecule has 4 rings (SSSR count). The van der Waals surface area contributed by atoms with Gasteiger partial charge in [-0.3, -0.25) is 9.36 Å². The molecular weight excluding hydrogens is 372 g/mol. The van der Waals surface area contributed by atoms with Crippen molar-refractivity contribution < 1.29 is 13.7 Å². The maximum atomic E-state index is 13.9. The number of halogens is 3. The second kappa shape index (κ2) is 5.82. The Hall–Kier alpha value is -2.45. The summed E-state index contributed by atoms with van der Waals surface area (Å²) in [6.07, 6.45) is 1.51. The van der Waals surface area contributed by atoms with Gasteiger partial charge in [0.05, 0.1) is 28.5 Å². The molecule has 0 bridgehead atoms. The first-order valence-electron chi connectivity index (χ1n) is 7.20. The Morgan fingerprint density at radius 1 is 1.40 bits per heavy atom. The summed E-state index contributed by atoms with van der Waals surface area (Å²) in [5, 5.41) is 3.64. The summed E-state index contributed by atoms with van der Waals surface area (Å²) in [6, 6.07) is 2.70. The molecule has 0 atom stereocenters. The average Bonchev–Trinajstić information content (AvgIpc) is 3.21. The Balaban J connectivity index is 1.95. The third-order valence-electron chi connectivity index (χ3n) is 3.94. The average molecular weight is 382 g/mol. The zero-order chi connectivity index (χ0) is 17.7. The van der Waals surface area contributed by atoms with Gasteiger partial charge in [-0.1, -0.05) is 16.8 Å². The lowest BCUT2D eigenvalue weighted by Crippen LogP contribution is -2.25. The molecule has 7 nitrogen and oxygen atoms in total. The summed E-state index contributed by atoms with van der Waals surface area (Å²) in [5.41, 5.74) is 1.63. The van der Waals surface area contributed by atoms with Crippen molar-refractivity contribution in [1.29, 1.82) is 0 Å². The van der Waals surface area contributed by atoms with Gasteiger partial charge in [-0.2, -0.15) is 4.98 Å². The number of hydrogen-bond donors (Lipinski definition) is 0. The van der Waals surface area contributed by atoms with E-state index in [-0.39, 0.29) is 40.6 Å². The van der Waals surface area contributed by atoms with Crippen molar-refractivity contribution >= 4 is 29.1 Å². The van der Waals surface area contributed by atoms with Gasteiger partial charge in [0, 0.05) is 7.05 Å². The van der Waals surface area contributed by atoms with Crippen LogP contribution in [-0.2, 0) is 12.4 Å². The second-order valence-corrected chi connectivity index (χ2v) is 6.12. The van der Waals surface area contributed by atoms with E-state index in [1.165, 1.54) is 23.4 Å². The van der Waals surface area contributed by atoms with E-state index in [2.05, 4.69) is 15.1 Å². The van der Waals surface area contributed by atoms with Crippen molar-refractivity contribution in [3.05, 3.63) is 46.4 Å². The van der Waals surface area contributed by atoms with Crippen LogP contribution in [0.15, 0.2) is 23.0 Å². The molecule has 10 heteroatoms. The summed E-state index contributed by atoms with van der Waals surface area (Å²) >= 11 is 11.7. The number of alkyl halides is 1. The molecule has 3 aromatic rings. The van der Waals surface area contributed by atoms with Crippen molar-refractivity contribution in [2.75, 3.05) is 7.05 Å². The quantitative estimate of drug-likeness (QED) is 0.637. The summed E-state index contributed by atoms with van der Waals surface area (Å²) in [5.74, 6) is -0.428. The molecule has 1 aliphatic rings. The highest BCUT2D eigenvalue weighted by molar-refractivity contribution is 6.34. The fourth-order valence-electron chi connectivity index (χ4n) is 2.76. The molecule has 0 spiro atoms. The van der Waals surface area contributed by atoms with Crippen LogP contribution in [0.3, 0.4) is 0 Å². The lowest BCUT2D eigenvalue weighted by Gasteiger charge is -2.15. The minimum atomic E-state index is -0.657. The zero-order valence-corrected chi connectivity index (χ0v) is 14.3. The molecule has 1 aliphatic heterocycles. The van der Waals surface area contributed by atoms with Gasteiger partial charge in [-0.25, -0.2) is 9.37 Å². The maximum absolute atomic E-state index is 13.9. The first-order chi connectivity index (χ1) is 12.0. The second-order valence-electron chi connectivity index (χ2n) is 5.47. The molecule has 0 N–H and O–H groups in total. The molecule has 3 heterocycles. The fraction of sp³-hybridized carbons (Fsp3) is 0.200. The van der Waals surface area contributed by atoms with E-state index < -0.39 is 5.82 Å². The van der Waals surface area contributed by atoms with Gasteiger partial charge in [0.25, 0.3) is 5.91 Å². The monoisotopic (exact) mass is 381 g/mol. The fourth-order valence-corrected chi connectivity index (χ4v) is 3.11. The van der Waals surface area contributed by atoms with E-state index in [1.54, 1.807) is 11.6 Å². The van der Waals surface area contributed by atoms with Gasteiger partial charge in [0.1, 0.15) is 23.7 Å². The molecule has 1 amide bonds. The Morgan fingerprint density at radius 2 is 2.20 bits per heavy atom. The standard InChI is InChI=1S/C15H10Cl2FN5O2/c1-22-5-9-13(14-20-10(4-16)25-21-14)19-6-23(9)8-3-2-7(18)12(17)11(8)15(22)24/h2-3,6H,4-5H2,1H3. The predicted molar refractivity (Wildman–Crippen MR) is 87.2 cm³/mol. The zero-order valence-electron chi connectivity index (χ0n) is 12.8. The number of fused-ring (bicyclic) bond motifs is 3. The summed E-state index contributed by atoms with van der Waals surface area (Å²) in [6.45, 7) is 0.214. The molecule has 0 fully saturated rings. The molecule has 2 aromatic heterocycles. The van der Waals surface area contributed by atoms with Gasteiger partial charge >= 0.3 is 0 Å². The van der Waals surface area contributed by atoms with Crippen LogP contribution in [0.4, 0.5) is 4.39 Å². The maximum Gasteiger partial charge on any atom is 0.257 e. The number of carbonyl (C=O) groups is 1. The number of nitrogens with zero attached hydrogens (tertiary/aromatic N) is 5. The van der Waals surface area contributed by atoms with E-state index in [0.29, 0.717) is 17.1 Å². The smallest absolute Gasteiger partial charge is 0.257 e. The summed E-state index contributed by atoms with van der Waals surface area (Å²) < 4.78 is 20.5. The lowest BCUT2D eigenvalue weighted by atomic mass is 10.1. The van der Waals surface area contributed by atoms with Gasteiger partial charge in [-0.05, 0) is 12.1 Å². The Bertz CT molecular complexity index is 1000. The summed E-state index contributed by atoms with van der Waals surface area (Å²) in [7, 11) is 1.60. The van der Waals surface area contributed by atoms with Gasteiger partial charge in [0.2, 0.25) is 11.7 Å². The van der Waals surface area contributed by atoms with E-state index >= 15 is 0 Å². The van der Waals surface area contributed by atoms with Crippen LogP contribution < -0.4 is 0 Å². The number of benzene rings is 1. The normalized spacial score (nSPS) is 13.6. The largest absolute Gasteiger partial charge is 0.338 e. The first kappa shape index (κ1) is 16.0. The summed E-state index contributed by atoms with van der Waals surface area (Å²) in [4.78, 5) is 22.6. The molecular formula is C15H10Cl2FN5O2. The van der Waals surface area contributed by atoms with Crippen LogP contribution >= 0.6 is 23.2 Å². The molecule has 128 valence electrons. The van der Waals surface area contributed by atoms with Crippen molar-refractivity contribution in [2.24, 2.45) is 0 Å². The van der Waals surface area contributed by atoms with Crippen molar-refractivity contribution in [3.63, 3.8) is 0 Å². The molecule has 0 aliphatic carbocycles. The van der Waals surface area contributed by atoms with Crippen LogP contribution in [0.5, 0.6) is 0 Å². The molecule has 1 aromatic carbocycles. The number of imidazole rings is 1. The van der Waals surface area contributed by atoms with Gasteiger partial charge in [-0.15, -0.1) is 11.6 Å². The molecule has 0 saturated carbocycles. The highest BCUT2D eigenvalue weighted by atomic mass is 35.5. The highest BCUT2D eigenvalue weighted by Crippen LogP contribution is 2.33. The Kier molecular flexibility index (Phi) is 3.73. The van der Waals surface area contributed by atoms with E-state index in [4.69, 9.17) is 27.7 Å². The minimum absolute atomic E-state index is 0.0825. The first-order valence-corrected chi connectivity index (χ1v) is 8.11. The van der Waals surface area contributed by atoms with Crippen LogP contribution in [-0.4, -0.2) is 37.5 Å². The topological polar surface area (TPSA) is 77.1 Å². The molecule has 25 heavy (non-hydrogen) atoms. The van der Waals surface area contributed by atoms with Crippen LogP contribution in [0, 0.1) is 5.82 Å². The third kappa shape index (κ3) is 2.40. The Morgan fingerprint density at radius 3 is 2.92 bits per heavy atom. The lowest BCUT2D eigenvalue weighted by molar-refractivity contribution is 0.0788.